The first kappa shape index (κ1) is 22.6. The molecular weight excluding hydrogens is 398 g/mol. The van der Waals surface area contributed by atoms with Gasteiger partial charge in [0.15, 0.2) is 0 Å². The van der Waals surface area contributed by atoms with Crippen LogP contribution in [0.3, 0.4) is 0 Å². The van der Waals surface area contributed by atoms with Crippen molar-refractivity contribution in [3.8, 4) is 0 Å². The van der Waals surface area contributed by atoms with Crippen molar-refractivity contribution in [1.29, 1.82) is 0 Å². The van der Waals surface area contributed by atoms with Gasteiger partial charge >= 0.3 is 0 Å². The Morgan fingerprint density at radius 3 is 2.61 bits per heavy atom. The number of benzene rings is 1. The maximum atomic E-state index is 13.0. The lowest BCUT2D eigenvalue weighted by atomic mass is 9.88. The van der Waals surface area contributed by atoms with E-state index in [9.17, 15) is 14.4 Å². The van der Waals surface area contributed by atoms with Crippen molar-refractivity contribution in [2.45, 2.75) is 32.4 Å². The standard InChI is InChI=1S/C23H29N3O5/c1-16-5-3-6-18(13-16)22(28)25-21(23(29)24-14-19-7-4-12-31-19)17-8-10-26(11-9-17)20(27)15-30-2/h3-7,12-13,17,21H,8-11,14-15H2,1-2H3,(H,24,29)(H,25,28)/t21-/m0/s1. The number of likely N-dealkylation sites (tertiary alicyclic amines) is 1. The fourth-order valence-electron chi connectivity index (χ4n) is 3.80. The van der Waals surface area contributed by atoms with Gasteiger partial charge in [-0.2, -0.15) is 0 Å². The maximum Gasteiger partial charge on any atom is 0.251 e. The monoisotopic (exact) mass is 427 g/mol. The molecule has 0 bridgehead atoms. The maximum absolute atomic E-state index is 13.0. The molecule has 31 heavy (non-hydrogen) atoms. The van der Waals surface area contributed by atoms with Gasteiger partial charge in [-0.3, -0.25) is 14.4 Å². The lowest BCUT2D eigenvalue weighted by Crippen LogP contribution is -2.54. The van der Waals surface area contributed by atoms with E-state index in [1.807, 2.05) is 19.1 Å². The van der Waals surface area contributed by atoms with E-state index in [2.05, 4.69) is 10.6 Å². The summed E-state index contributed by atoms with van der Waals surface area (Å²) in [4.78, 5) is 39.7. The van der Waals surface area contributed by atoms with E-state index >= 15 is 0 Å². The summed E-state index contributed by atoms with van der Waals surface area (Å²) in [5.41, 5.74) is 1.48. The number of methoxy groups -OCH3 is 1. The number of rotatable bonds is 8. The lowest BCUT2D eigenvalue weighted by molar-refractivity contribution is -0.136. The number of carbonyl (C=O) groups is 3. The fraction of sp³-hybridized carbons (Fsp3) is 0.435. The van der Waals surface area contributed by atoms with E-state index in [4.69, 9.17) is 9.15 Å². The van der Waals surface area contributed by atoms with Crippen molar-refractivity contribution in [2.24, 2.45) is 5.92 Å². The van der Waals surface area contributed by atoms with Crippen molar-refractivity contribution < 1.29 is 23.5 Å². The first-order valence-corrected chi connectivity index (χ1v) is 10.4. The van der Waals surface area contributed by atoms with E-state index in [1.165, 1.54) is 7.11 Å². The van der Waals surface area contributed by atoms with Gasteiger partial charge in [0.1, 0.15) is 18.4 Å². The molecule has 3 amide bonds. The van der Waals surface area contributed by atoms with Gasteiger partial charge < -0.3 is 24.7 Å². The van der Waals surface area contributed by atoms with E-state index in [-0.39, 0.29) is 36.8 Å². The van der Waals surface area contributed by atoms with Gasteiger partial charge in [0.25, 0.3) is 5.91 Å². The highest BCUT2D eigenvalue weighted by Gasteiger charge is 2.34. The van der Waals surface area contributed by atoms with Gasteiger partial charge in [0.2, 0.25) is 11.8 Å². The minimum atomic E-state index is -0.706. The van der Waals surface area contributed by atoms with Gasteiger partial charge in [0, 0.05) is 25.8 Å². The van der Waals surface area contributed by atoms with Crippen LogP contribution in [0.4, 0.5) is 0 Å². The summed E-state index contributed by atoms with van der Waals surface area (Å²) in [6, 6.07) is 10.1. The molecule has 1 aliphatic rings. The summed E-state index contributed by atoms with van der Waals surface area (Å²) in [5, 5.41) is 5.78. The van der Waals surface area contributed by atoms with E-state index in [1.54, 1.807) is 35.4 Å². The molecule has 2 heterocycles. The fourth-order valence-corrected chi connectivity index (χ4v) is 3.80. The third-order valence-corrected chi connectivity index (χ3v) is 5.50. The molecule has 1 aliphatic heterocycles. The molecule has 166 valence electrons. The molecule has 1 fully saturated rings. The number of hydrogen-bond acceptors (Lipinski definition) is 5. The zero-order chi connectivity index (χ0) is 22.2. The number of nitrogens with zero attached hydrogens (tertiary/aromatic N) is 1. The average molecular weight is 428 g/mol. The minimum Gasteiger partial charge on any atom is -0.467 e. The Hall–Kier alpha value is -3.13. The minimum absolute atomic E-state index is 0.0435. The lowest BCUT2D eigenvalue weighted by Gasteiger charge is -2.35. The van der Waals surface area contributed by atoms with Crippen molar-refractivity contribution in [3.05, 3.63) is 59.5 Å². The molecule has 2 N–H and O–H groups in total. The van der Waals surface area contributed by atoms with Crippen LogP contribution >= 0.6 is 0 Å². The molecule has 8 heteroatoms. The SMILES string of the molecule is COCC(=O)N1CCC([C@H](NC(=O)c2cccc(C)c2)C(=O)NCc2ccco2)CC1. The van der Waals surface area contributed by atoms with Gasteiger partial charge in [-0.15, -0.1) is 0 Å². The van der Waals surface area contributed by atoms with Crippen LogP contribution in [0.5, 0.6) is 0 Å². The Kier molecular flexibility index (Phi) is 7.83. The van der Waals surface area contributed by atoms with E-state index in [0.717, 1.165) is 5.56 Å². The Bertz CT molecular complexity index is 888. The highest BCUT2D eigenvalue weighted by atomic mass is 16.5. The molecule has 1 aromatic heterocycles. The van der Waals surface area contributed by atoms with Crippen molar-refractivity contribution in [1.82, 2.24) is 15.5 Å². The van der Waals surface area contributed by atoms with E-state index < -0.39 is 6.04 Å². The molecular formula is C23H29N3O5. The third-order valence-electron chi connectivity index (χ3n) is 5.50. The predicted molar refractivity (Wildman–Crippen MR) is 114 cm³/mol. The van der Waals surface area contributed by atoms with Crippen molar-refractivity contribution in [2.75, 3.05) is 26.8 Å². The Morgan fingerprint density at radius 2 is 1.97 bits per heavy atom. The zero-order valence-electron chi connectivity index (χ0n) is 17.9. The number of furan rings is 1. The van der Waals surface area contributed by atoms with Crippen LogP contribution in [0, 0.1) is 12.8 Å². The Morgan fingerprint density at radius 1 is 1.19 bits per heavy atom. The second kappa shape index (κ2) is 10.8. The molecule has 2 aromatic rings. The molecule has 0 aliphatic carbocycles. The van der Waals surface area contributed by atoms with Gasteiger partial charge in [0.05, 0.1) is 12.8 Å². The number of piperidine rings is 1. The normalized spacial score (nSPS) is 15.4. The molecule has 3 rings (SSSR count). The van der Waals surface area contributed by atoms with Gasteiger partial charge in [-0.1, -0.05) is 17.7 Å². The molecule has 8 nitrogen and oxygen atoms in total. The van der Waals surface area contributed by atoms with Crippen LogP contribution in [-0.2, 0) is 20.9 Å². The van der Waals surface area contributed by atoms with Crippen LogP contribution < -0.4 is 10.6 Å². The number of hydrogen-bond donors (Lipinski definition) is 2. The van der Waals surface area contributed by atoms with Gasteiger partial charge in [-0.25, -0.2) is 0 Å². The van der Waals surface area contributed by atoms with Crippen LogP contribution in [0.25, 0.3) is 0 Å². The quantitative estimate of drug-likeness (QED) is 0.670. The number of nitrogens with one attached hydrogen (secondary N) is 2. The summed E-state index contributed by atoms with van der Waals surface area (Å²) in [5.74, 6) is -0.0728. The molecule has 1 aromatic carbocycles. The number of ether oxygens (including phenoxy) is 1. The van der Waals surface area contributed by atoms with Crippen LogP contribution in [0.2, 0.25) is 0 Å². The highest BCUT2D eigenvalue weighted by molar-refractivity contribution is 5.97. The molecule has 0 radical (unpaired) electrons. The van der Waals surface area contributed by atoms with Crippen LogP contribution in [0.15, 0.2) is 47.1 Å². The van der Waals surface area contributed by atoms with Crippen LogP contribution in [-0.4, -0.2) is 55.5 Å². The number of aryl methyl sites for hydroxylation is 1. The van der Waals surface area contributed by atoms with Gasteiger partial charge in [-0.05, 0) is 49.9 Å². The summed E-state index contributed by atoms with van der Waals surface area (Å²) in [7, 11) is 1.49. The molecule has 1 atom stereocenters. The summed E-state index contributed by atoms with van der Waals surface area (Å²) >= 11 is 0. The summed E-state index contributed by atoms with van der Waals surface area (Å²) < 4.78 is 10.2. The summed E-state index contributed by atoms with van der Waals surface area (Å²) in [6.07, 6.45) is 2.77. The van der Waals surface area contributed by atoms with Crippen molar-refractivity contribution in [3.63, 3.8) is 0 Å². The predicted octanol–water partition coefficient (Wildman–Crippen LogP) is 1.89. The van der Waals surface area contributed by atoms with Crippen LogP contribution in [0.1, 0.15) is 34.5 Å². The topological polar surface area (TPSA) is 101 Å². The number of amides is 3. The highest BCUT2D eigenvalue weighted by Crippen LogP contribution is 2.22. The van der Waals surface area contributed by atoms with E-state index in [0.29, 0.717) is 37.3 Å². The molecule has 0 unspecified atom stereocenters. The largest absolute Gasteiger partial charge is 0.467 e. The molecule has 1 saturated heterocycles. The molecule has 0 saturated carbocycles. The smallest absolute Gasteiger partial charge is 0.251 e. The number of carbonyl (C=O) groups excluding carboxylic acids is 3. The first-order valence-electron chi connectivity index (χ1n) is 10.4. The summed E-state index contributed by atoms with van der Waals surface area (Å²) in [6.45, 7) is 3.25. The third kappa shape index (κ3) is 6.18. The zero-order valence-corrected chi connectivity index (χ0v) is 17.9. The first-order chi connectivity index (χ1) is 15.0. The van der Waals surface area contributed by atoms with Crippen molar-refractivity contribution >= 4 is 17.7 Å². The Labute approximate surface area is 181 Å². The average Bonchev–Trinajstić information content (AvgIpc) is 3.30. The molecule has 0 spiro atoms. The Balaban J connectivity index is 1.68. The second-order valence-corrected chi connectivity index (χ2v) is 7.77. The second-order valence-electron chi connectivity index (χ2n) is 7.77.